The van der Waals surface area contributed by atoms with E-state index in [1.807, 2.05) is 26.8 Å². The Kier molecular flexibility index (Phi) is 3.28. The lowest BCUT2D eigenvalue weighted by molar-refractivity contribution is 0.0222. The quantitative estimate of drug-likeness (QED) is 0.709. The van der Waals surface area contributed by atoms with Gasteiger partial charge in [0.05, 0.1) is 6.54 Å². The molecular formula is C14H18FNO2. The van der Waals surface area contributed by atoms with Crippen molar-refractivity contribution >= 4 is 6.09 Å². The minimum absolute atomic E-state index is 0.249. The minimum atomic E-state index is -0.521. The molecule has 0 radical (unpaired) electrons. The van der Waals surface area contributed by atoms with Crippen LogP contribution in [0.3, 0.4) is 0 Å². The first-order valence-corrected chi connectivity index (χ1v) is 6.11. The Morgan fingerprint density at radius 3 is 2.78 bits per heavy atom. The molecule has 1 aromatic carbocycles. The Morgan fingerprint density at radius 1 is 1.39 bits per heavy atom. The second-order valence-corrected chi connectivity index (χ2v) is 5.53. The van der Waals surface area contributed by atoms with Crippen LogP contribution in [0.15, 0.2) is 18.2 Å². The lowest BCUT2D eigenvalue weighted by atomic mass is 10.00. The molecule has 1 amide bonds. The predicted octanol–water partition coefficient (Wildman–Crippen LogP) is 3.12. The van der Waals surface area contributed by atoms with E-state index in [2.05, 4.69) is 0 Å². The summed E-state index contributed by atoms with van der Waals surface area (Å²) in [6.07, 6.45) is 0.295. The van der Waals surface area contributed by atoms with Crippen molar-refractivity contribution in [1.29, 1.82) is 0 Å². The average Bonchev–Trinajstić information content (AvgIpc) is 2.27. The second kappa shape index (κ2) is 4.59. The molecule has 1 aliphatic heterocycles. The summed E-state index contributed by atoms with van der Waals surface area (Å²) in [5.41, 5.74) is 1.07. The number of amides is 1. The van der Waals surface area contributed by atoms with Crippen LogP contribution in [0.5, 0.6) is 0 Å². The number of carbonyl (C=O) groups excluding carboxylic acids is 1. The highest BCUT2D eigenvalue weighted by Gasteiger charge is 2.26. The molecule has 0 saturated heterocycles. The largest absolute Gasteiger partial charge is 0.444 e. The van der Waals surface area contributed by atoms with Crippen LogP contribution in [-0.2, 0) is 17.7 Å². The highest BCUT2D eigenvalue weighted by atomic mass is 19.1. The second-order valence-electron chi connectivity index (χ2n) is 5.53. The molecular weight excluding hydrogens is 233 g/mol. The third-order valence-electron chi connectivity index (χ3n) is 2.87. The van der Waals surface area contributed by atoms with Gasteiger partial charge in [-0.05, 0) is 38.8 Å². The molecule has 0 atom stereocenters. The fourth-order valence-corrected chi connectivity index (χ4v) is 2.02. The minimum Gasteiger partial charge on any atom is -0.444 e. The van der Waals surface area contributed by atoms with Crippen molar-refractivity contribution in [3.63, 3.8) is 0 Å². The zero-order valence-electron chi connectivity index (χ0n) is 11.0. The van der Waals surface area contributed by atoms with Crippen molar-refractivity contribution in [3.8, 4) is 0 Å². The lowest BCUT2D eigenvalue weighted by Crippen LogP contribution is -2.40. The van der Waals surface area contributed by atoms with E-state index in [1.54, 1.807) is 11.0 Å². The van der Waals surface area contributed by atoms with Crippen molar-refractivity contribution in [3.05, 3.63) is 35.1 Å². The summed E-state index contributed by atoms with van der Waals surface area (Å²) >= 11 is 0. The molecule has 0 aromatic heterocycles. The maximum Gasteiger partial charge on any atom is 0.410 e. The van der Waals surface area contributed by atoms with E-state index in [0.717, 1.165) is 5.56 Å². The van der Waals surface area contributed by atoms with Gasteiger partial charge in [0, 0.05) is 12.1 Å². The Bertz CT molecular complexity index is 465. The van der Waals surface area contributed by atoms with E-state index in [0.29, 0.717) is 18.5 Å². The summed E-state index contributed by atoms with van der Waals surface area (Å²) in [5, 5.41) is 0. The van der Waals surface area contributed by atoms with Crippen molar-refractivity contribution in [2.45, 2.75) is 39.3 Å². The molecule has 1 aliphatic rings. The molecule has 0 bridgehead atoms. The van der Waals surface area contributed by atoms with E-state index in [9.17, 15) is 9.18 Å². The summed E-state index contributed by atoms with van der Waals surface area (Å²) in [6, 6.07) is 5.04. The molecule has 0 unspecified atom stereocenters. The Balaban J connectivity index is 2.12. The summed E-state index contributed by atoms with van der Waals surface area (Å²) in [4.78, 5) is 13.5. The van der Waals surface area contributed by atoms with E-state index in [-0.39, 0.29) is 18.5 Å². The first-order valence-electron chi connectivity index (χ1n) is 6.11. The zero-order valence-corrected chi connectivity index (χ0v) is 11.0. The zero-order chi connectivity index (χ0) is 13.3. The molecule has 3 nitrogen and oxygen atoms in total. The van der Waals surface area contributed by atoms with E-state index < -0.39 is 5.60 Å². The number of nitrogens with zero attached hydrogens (tertiary/aromatic N) is 1. The van der Waals surface area contributed by atoms with Gasteiger partial charge in [0.1, 0.15) is 11.4 Å². The number of fused-ring (bicyclic) bond motifs is 1. The molecule has 0 N–H and O–H groups in total. The Hall–Kier alpha value is -1.58. The normalized spacial score (nSPS) is 15.2. The fraction of sp³-hybridized carbons (Fsp3) is 0.500. The van der Waals surface area contributed by atoms with Gasteiger partial charge in [0.15, 0.2) is 0 Å². The van der Waals surface area contributed by atoms with Gasteiger partial charge >= 0.3 is 6.09 Å². The molecule has 2 rings (SSSR count). The summed E-state index contributed by atoms with van der Waals surface area (Å²) in [5.74, 6) is -0.249. The van der Waals surface area contributed by atoms with Crippen molar-refractivity contribution in [2.75, 3.05) is 6.54 Å². The SMILES string of the molecule is CC(C)(C)OC(=O)N1CCc2cccc(F)c2C1. The number of halogens is 1. The van der Waals surface area contributed by atoms with E-state index >= 15 is 0 Å². The first kappa shape index (κ1) is 12.9. The van der Waals surface area contributed by atoms with Gasteiger partial charge in [-0.1, -0.05) is 12.1 Å². The summed E-state index contributed by atoms with van der Waals surface area (Å²) in [7, 11) is 0. The molecule has 1 aromatic rings. The summed E-state index contributed by atoms with van der Waals surface area (Å²) < 4.78 is 19.0. The van der Waals surface area contributed by atoms with Gasteiger partial charge in [0.25, 0.3) is 0 Å². The van der Waals surface area contributed by atoms with Crippen molar-refractivity contribution < 1.29 is 13.9 Å². The standard InChI is InChI=1S/C14H18FNO2/c1-14(2,3)18-13(17)16-8-7-10-5-4-6-12(15)11(10)9-16/h4-6H,7-9H2,1-3H3. The Morgan fingerprint density at radius 2 is 2.11 bits per heavy atom. The first-order chi connectivity index (χ1) is 8.37. The number of hydrogen-bond acceptors (Lipinski definition) is 2. The van der Waals surface area contributed by atoms with Crippen molar-refractivity contribution in [1.82, 2.24) is 4.90 Å². The highest BCUT2D eigenvalue weighted by molar-refractivity contribution is 5.68. The molecule has 18 heavy (non-hydrogen) atoms. The average molecular weight is 251 g/mol. The van der Waals surface area contributed by atoms with Gasteiger partial charge in [-0.2, -0.15) is 0 Å². The van der Waals surface area contributed by atoms with Gasteiger partial charge in [-0.25, -0.2) is 9.18 Å². The smallest absolute Gasteiger partial charge is 0.410 e. The van der Waals surface area contributed by atoms with Crippen LogP contribution in [0, 0.1) is 5.82 Å². The molecule has 0 spiro atoms. The van der Waals surface area contributed by atoms with Crippen molar-refractivity contribution in [2.24, 2.45) is 0 Å². The maximum atomic E-state index is 13.7. The number of carbonyl (C=O) groups is 1. The van der Waals surface area contributed by atoms with Crippen LogP contribution < -0.4 is 0 Å². The summed E-state index contributed by atoms with van der Waals surface area (Å²) in [6.45, 7) is 6.33. The van der Waals surface area contributed by atoms with Gasteiger partial charge < -0.3 is 9.64 Å². The lowest BCUT2D eigenvalue weighted by Gasteiger charge is -2.31. The van der Waals surface area contributed by atoms with Crippen LogP contribution >= 0.6 is 0 Å². The monoisotopic (exact) mass is 251 g/mol. The number of rotatable bonds is 0. The van der Waals surface area contributed by atoms with Crippen LogP contribution in [-0.4, -0.2) is 23.1 Å². The fourth-order valence-electron chi connectivity index (χ4n) is 2.02. The molecule has 0 aliphatic carbocycles. The van der Waals surface area contributed by atoms with Crippen LogP contribution in [0.1, 0.15) is 31.9 Å². The third kappa shape index (κ3) is 2.81. The van der Waals surface area contributed by atoms with Crippen LogP contribution in [0.2, 0.25) is 0 Å². The number of hydrogen-bond donors (Lipinski definition) is 0. The van der Waals surface area contributed by atoms with Crippen LogP contribution in [0.25, 0.3) is 0 Å². The Labute approximate surface area is 107 Å². The maximum absolute atomic E-state index is 13.7. The number of ether oxygens (including phenoxy) is 1. The van der Waals surface area contributed by atoms with Gasteiger partial charge in [-0.15, -0.1) is 0 Å². The molecule has 1 heterocycles. The third-order valence-corrected chi connectivity index (χ3v) is 2.87. The molecule has 4 heteroatoms. The molecule has 0 saturated carbocycles. The van der Waals surface area contributed by atoms with Crippen LogP contribution in [0.4, 0.5) is 9.18 Å². The molecule has 98 valence electrons. The van der Waals surface area contributed by atoms with E-state index in [4.69, 9.17) is 4.74 Å². The van der Waals surface area contributed by atoms with Gasteiger partial charge in [0.2, 0.25) is 0 Å². The van der Waals surface area contributed by atoms with Gasteiger partial charge in [-0.3, -0.25) is 0 Å². The number of benzene rings is 1. The predicted molar refractivity (Wildman–Crippen MR) is 66.7 cm³/mol. The topological polar surface area (TPSA) is 29.5 Å². The molecule has 0 fully saturated rings. The van der Waals surface area contributed by atoms with E-state index in [1.165, 1.54) is 6.07 Å². The highest BCUT2D eigenvalue weighted by Crippen LogP contribution is 2.23.